The summed E-state index contributed by atoms with van der Waals surface area (Å²) in [5.41, 5.74) is 1.82. The maximum atomic E-state index is 12.8. The van der Waals surface area contributed by atoms with Gasteiger partial charge in [-0.05, 0) is 43.7 Å². The van der Waals surface area contributed by atoms with Gasteiger partial charge >= 0.3 is 0 Å². The van der Waals surface area contributed by atoms with Gasteiger partial charge in [-0.15, -0.1) is 0 Å². The Labute approximate surface area is 165 Å². The highest BCUT2D eigenvalue weighted by atomic mass is 16.5. The lowest BCUT2D eigenvalue weighted by atomic mass is 9.96. The Bertz CT molecular complexity index is 783. The second kappa shape index (κ2) is 8.75. The lowest BCUT2D eigenvalue weighted by Gasteiger charge is -2.35. The molecule has 7 heteroatoms. The van der Waals surface area contributed by atoms with E-state index in [1.165, 1.54) is 0 Å². The molecule has 0 radical (unpaired) electrons. The molecule has 150 valence electrons. The summed E-state index contributed by atoms with van der Waals surface area (Å²) >= 11 is 0. The number of oxazole rings is 1. The number of nitrogens with zero attached hydrogens (tertiary/aromatic N) is 3. The van der Waals surface area contributed by atoms with Crippen LogP contribution < -0.4 is 4.74 Å². The SMILES string of the molecule is COc1ccc(-c2nc(CN3CCCC(C(=O)N4CCOCC4)C3)co2)cc1. The quantitative estimate of drug-likeness (QED) is 0.787. The average molecular weight is 385 g/mol. The van der Waals surface area contributed by atoms with Crippen LogP contribution in [-0.2, 0) is 16.1 Å². The van der Waals surface area contributed by atoms with Crippen LogP contribution in [0.25, 0.3) is 11.5 Å². The fraction of sp³-hybridized carbons (Fsp3) is 0.524. The molecule has 1 unspecified atom stereocenters. The monoisotopic (exact) mass is 385 g/mol. The molecule has 3 heterocycles. The van der Waals surface area contributed by atoms with Crippen molar-refractivity contribution in [3.8, 4) is 17.2 Å². The van der Waals surface area contributed by atoms with Gasteiger partial charge in [0.15, 0.2) is 0 Å². The van der Waals surface area contributed by atoms with Crippen LogP contribution in [0, 0.1) is 5.92 Å². The first-order valence-corrected chi connectivity index (χ1v) is 9.90. The van der Waals surface area contributed by atoms with Crippen molar-refractivity contribution in [3.05, 3.63) is 36.2 Å². The molecule has 0 N–H and O–H groups in total. The average Bonchev–Trinajstić information content (AvgIpc) is 3.22. The minimum absolute atomic E-state index is 0.0693. The maximum absolute atomic E-state index is 12.8. The molecule has 28 heavy (non-hydrogen) atoms. The van der Waals surface area contributed by atoms with Gasteiger partial charge in [0.05, 0.1) is 31.9 Å². The van der Waals surface area contributed by atoms with Crippen molar-refractivity contribution in [2.24, 2.45) is 5.92 Å². The molecule has 1 atom stereocenters. The predicted octanol–water partition coefficient (Wildman–Crippen LogP) is 2.42. The van der Waals surface area contributed by atoms with Crippen molar-refractivity contribution in [2.45, 2.75) is 19.4 Å². The third kappa shape index (κ3) is 4.36. The Balaban J connectivity index is 1.36. The zero-order valence-electron chi connectivity index (χ0n) is 16.3. The van der Waals surface area contributed by atoms with Gasteiger partial charge in [0.1, 0.15) is 12.0 Å². The topological polar surface area (TPSA) is 68.0 Å². The van der Waals surface area contributed by atoms with Crippen molar-refractivity contribution in [3.63, 3.8) is 0 Å². The first-order valence-electron chi connectivity index (χ1n) is 9.90. The molecule has 7 nitrogen and oxygen atoms in total. The fourth-order valence-electron chi connectivity index (χ4n) is 3.92. The van der Waals surface area contributed by atoms with E-state index in [-0.39, 0.29) is 11.8 Å². The number of benzene rings is 1. The molecular formula is C21H27N3O4. The Kier molecular flexibility index (Phi) is 5.92. The number of carbonyl (C=O) groups is 1. The van der Waals surface area contributed by atoms with Crippen LogP contribution in [0.1, 0.15) is 18.5 Å². The minimum atomic E-state index is 0.0693. The second-order valence-electron chi connectivity index (χ2n) is 7.38. The van der Waals surface area contributed by atoms with E-state index >= 15 is 0 Å². The van der Waals surface area contributed by atoms with Gasteiger partial charge in [0.25, 0.3) is 0 Å². The summed E-state index contributed by atoms with van der Waals surface area (Å²) in [5, 5.41) is 0. The number of hydrogen-bond donors (Lipinski definition) is 0. The molecule has 0 aliphatic carbocycles. The number of hydrogen-bond acceptors (Lipinski definition) is 6. The van der Waals surface area contributed by atoms with E-state index in [9.17, 15) is 4.79 Å². The Hall–Kier alpha value is -2.38. The molecule has 4 rings (SSSR count). The number of aromatic nitrogens is 1. The molecule has 1 amide bonds. The van der Waals surface area contributed by atoms with E-state index in [2.05, 4.69) is 9.88 Å². The molecule has 2 aliphatic heterocycles. The zero-order chi connectivity index (χ0) is 19.3. The summed E-state index contributed by atoms with van der Waals surface area (Å²) in [6.07, 6.45) is 3.71. The van der Waals surface area contributed by atoms with Crippen LogP contribution >= 0.6 is 0 Å². The number of likely N-dealkylation sites (tertiary alicyclic amines) is 1. The van der Waals surface area contributed by atoms with Crippen LogP contribution in [0.3, 0.4) is 0 Å². The van der Waals surface area contributed by atoms with Crippen LogP contribution in [0.15, 0.2) is 34.9 Å². The Morgan fingerprint density at radius 1 is 1.21 bits per heavy atom. The normalized spacial score (nSPS) is 20.9. The third-order valence-electron chi connectivity index (χ3n) is 5.45. The standard InChI is InChI=1S/C21H27N3O4/c1-26-19-6-4-16(5-7-19)20-22-18(15-28-20)14-23-8-2-3-17(13-23)21(25)24-9-11-27-12-10-24/h4-7,15,17H,2-3,8-14H2,1H3. The number of methoxy groups -OCH3 is 1. The number of piperidine rings is 1. The summed E-state index contributed by atoms with van der Waals surface area (Å²) in [5.74, 6) is 1.75. The summed E-state index contributed by atoms with van der Waals surface area (Å²) in [4.78, 5) is 21.7. The molecule has 1 aromatic heterocycles. The number of amides is 1. The molecular weight excluding hydrogens is 358 g/mol. The van der Waals surface area contributed by atoms with Crippen molar-refractivity contribution in [2.75, 3.05) is 46.5 Å². The molecule has 0 saturated carbocycles. The van der Waals surface area contributed by atoms with Gasteiger partial charge in [-0.1, -0.05) is 0 Å². The smallest absolute Gasteiger partial charge is 0.227 e. The van der Waals surface area contributed by atoms with Gasteiger partial charge in [-0.2, -0.15) is 0 Å². The summed E-state index contributed by atoms with van der Waals surface area (Å²) in [7, 11) is 1.65. The van der Waals surface area contributed by atoms with E-state index < -0.39 is 0 Å². The zero-order valence-corrected chi connectivity index (χ0v) is 16.3. The minimum Gasteiger partial charge on any atom is -0.497 e. The number of ether oxygens (including phenoxy) is 2. The number of carbonyl (C=O) groups excluding carboxylic acids is 1. The Morgan fingerprint density at radius 3 is 2.75 bits per heavy atom. The molecule has 1 aromatic carbocycles. The highest BCUT2D eigenvalue weighted by Gasteiger charge is 2.30. The second-order valence-corrected chi connectivity index (χ2v) is 7.38. The molecule has 0 bridgehead atoms. The van der Waals surface area contributed by atoms with Crippen LogP contribution in [0.2, 0.25) is 0 Å². The van der Waals surface area contributed by atoms with E-state index in [1.54, 1.807) is 13.4 Å². The molecule has 2 aromatic rings. The molecule has 0 spiro atoms. The molecule has 2 fully saturated rings. The third-order valence-corrected chi connectivity index (χ3v) is 5.45. The lowest BCUT2D eigenvalue weighted by molar-refractivity contribution is -0.141. The predicted molar refractivity (Wildman–Crippen MR) is 104 cm³/mol. The Morgan fingerprint density at radius 2 is 2.00 bits per heavy atom. The van der Waals surface area contributed by atoms with Gasteiger partial charge in [0.2, 0.25) is 11.8 Å². The number of rotatable bonds is 5. The fourth-order valence-corrected chi connectivity index (χ4v) is 3.92. The first-order chi connectivity index (χ1) is 13.7. The lowest BCUT2D eigenvalue weighted by Crippen LogP contribution is -2.48. The largest absolute Gasteiger partial charge is 0.497 e. The highest BCUT2D eigenvalue weighted by Crippen LogP contribution is 2.24. The van der Waals surface area contributed by atoms with Gasteiger partial charge < -0.3 is 18.8 Å². The van der Waals surface area contributed by atoms with E-state index in [1.807, 2.05) is 29.2 Å². The van der Waals surface area contributed by atoms with Crippen LogP contribution in [-0.4, -0.2) is 67.2 Å². The molecule has 2 aliphatic rings. The van der Waals surface area contributed by atoms with Crippen LogP contribution in [0.5, 0.6) is 5.75 Å². The summed E-state index contributed by atoms with van der Waals surface area (Å²) < 4.78 is 16.2. The van der Waals surface area contributed by atoms with E-state index in [0.717, 1.165) is 42.9 Å². The summed E-state index contributed by atoms with van der Waals surface area (Å²) in [6, 6.07) is 7.66. The van der Waals surface area contributed by atoms with E-state index in [4.69, 9.17) is 13.9 Å². The van der Waals surface area contributed by atoms with Crippen molar-refractivity contribution >= 4 is 5.91 Å². The van der Waals surface area contributed by atoms with Crippen molar-refractivity contribution in [1.82, 2.24) is 14.8 Å². The van der Waals surface area contributed by atoms with Crippen LogP contribution in [0.4, 0.5) is 0 Å². The first kappa shape index (κ1) is 19.0. The maximum Gasteiger partial charge on any atom is 0.227 e. The highest BCUT2D eigenvalue weighted by molar-refractivity contribution is 5.79. The van der Waals surface area contributed by atoms with E-state index in [0.29, 0.717) is 38.7 Å². The summed E-state index contributed by atoms with van der Waals surface area (Å²) in [6.45, 7) is 5.18. The van der Waals surface area contributed by atoms with Crippen molar-refractivity contribution in [1.29, 1.82) is 0 Å². The van der Waals surface area contributed by atoms with Crippen molar-refractivity contribution < 1.29 is 18.7 Å². The molecule has 2 saturated heterocycles. The van der Waals surface area contributed by atoms with Gasteiger partial charge in [-0.25, -0.2) is 4.98 Å². The van der Waals surface area contributed by atoms with Gasteiger partial charge in [0, 0.05) is 31.7 Å². The number of morpholine rings is 1. The van der Waals surface area contributed by atoms with Gasteiger partial charge in [-0.3, -0.25) is 9.69 Å².